The SMILES string of the molecule is Cc1cc(C)c(C(O)CN2CCN(C(C)C)CC2)c(C)c1. The van der Waals surface area contributed by atoms with E-state index in [-0.39, 0.29) is 6.10 Å². The molecule has 0 spiro atoms. The molecular weight excluding hydrogens is 260 g/mol. The fraction of sp³-hybridized carbons (Fsp3) is 0.667. The Morgan fingerprint density at radius 2 is 1.52 bits per heavy atom. The van der Waals surface area contributed by atoms with Gasteiger partial charge in [-0.05, 0) is 51.3 Å². The predicted octanol–water partition coefficient (Wildman–Crippen LogP) is 2.67. The van der Waals surface area contributed by atoms with Gasteiger partial charge in [0, 0.05) is 38.8 Å². The summed E-state index contributed by atoms with van der Waals surface area (Å²) in [6, 6.07) is 4.96. The minimum Gasteiger partial charge on any atom is -0.387 e. The van der Waals surface area contributed by atoms with Crippen molar-refractivity contribution >= 4 is 0 Å². The number of benzene rings is 1. The summed E-state index contributed by atoms with van der Waals surface area (Å²) in [5, 5.41) is 10.6. The van der Waals surface area contributed by atoms with Gasteiger partial charge in [0.1, 0.15) is 0 Å². The average molecular weight is 290 g/mol. The van der Waals surface area contributed by atoms with Crippen LogP contribution < -0.4 is 0 Å². The van der Waals surface area contributed by atoms with Crippen molar-refractivity contribution in [2.45, 2.75) is 46.8 Å². The number of rotatable bonds is 4. The number of aliphatic hydroxyl groups is 1. The Morgan fingerprint density at radius 1 is 1.00 bits per heavy atom. The Balaban J connectivity index is 1.98. The monoisotopic (exact) mass is 290 g/mol. The highest BCUT2D eigenvalue weighted by atomic mass is 16.3. The van der Waals surface area contributed by atoms with Crippen LogP contribution in [0.25, 0.3) is 0 Å². The van der Waals surface area contributed by atoms with E-state index in [4.69, 9.17) is 0 Å². The zero-order valence-corrected chi connectivity index (χ0v) is 14.2. The Kier molecular flexibility index (Phi) is 5.42. The van der Waals surface area contributed by atoms with E-state index in [0.717, 1.165) is 38.3 Å². The first-order valence-corrected chi connectivity index (χ1v) is 8.10. The minimum atomic E-state index is -0.379. The molecule has 21 heavy (non-hydrogen) atoms. The molecule has 1 aliphatic heterocycles. The van der Waals surface area contributed by atoms with Gasteiger partial charge in [-0.2, -0.15) is 0 Å². The predicted molar refractivity (Wildman–Crippen MR) is 88.8 cm³/mol. The molecular formula is C18H30N2O. The van der Waals surface area contributed by atoms with Gasteiger partial charge in [-0.1, -0.05) is 17.7 Å². The van der Waals surface area contributed by atoms with Gasteiger partial charge >= 0.3 is 0 Å². The van der Waals surface area contributed by atoms with E-state index in [9.17, 15) is 5.11 Å². The third kappa shape index (κ3) is 4.06. The normalized spacial score (nSPS) is 19.2. The van der Waals surface area contributed by atoms with Crippen molar-refractivity contribution in [2.24, 2.45) is 0 Å². The zero-order chi connectivity index (χ0) is 15.6. The van der Waals surface area contributed by atoms with Crippen LogP contribution >= 0.6 is 0 Å². The summed E-state index contributed by atoms with van der Waals surface area (Å²) < 4.78 is 0. The second-order valence-electron chi connectivity index (χ2n) is 6.76. The van der Waals surface area contributed by atoms with Gasteiger partial charge in [-0.3, -0.25) is 9.80 Å². The van der Waals surface area contributed by atoms with Gasteiger partial charge in [0.05, 0.1) is 6.10 Å². The molecule has 1 unspecified atom stereocenters. The molecule has 1 atom stereocenters. The second-order valence-corrected chi connectivity index (χ2v) is 6.76. The first-order valence-electron chi connectivity index (χ1n) is 8.10. The summed E-state index contributed by atoms with van der Waals surface area (Å²) in [6.45, 7) is 15.9. The highest BCUT2D eigenvalue weighted by Gasteiger charge is 2.22. The number of hydrogen-bond donors (Lipinski definition) is 1. The molecule has 1 aromatic rings. The first-order chi connectivity index (χ1) is 9.88. The van der Waals surface area contributed by atoms with Crippen LogP contribution in [-0.4, -0.2) is 53.7 Å². The van der Waals surface area contributed by atoms with Crippen molar-refractivity contribution in [2.75, 3.05) is 32.7 Å². The third-order valence-electron chi connectivity index (χ3n) is 4.64. The standard InChI is InChI=1S/C18H30N2O/c1-13(2)20-8-6-19(7-9-20)12-17(21)18-15(4)10-14(3)11-16(18)5/h10-11,13,17,21H,6-9,12H2,1-5H3. The molecule has 118 valence electrons. The van der Waals surface area contributed by atoms with E-state index in [0.29, 0.717) is 6.04 Å². The van der Waals surface area contributed by atoms with E-state index >= 15 is 0 Å². The Morgan fingerprint density at radius 3 is 2.00 bits per heavy atom. The van der Waals surface area contributed by atoms with E-state index in [1.54, 1.807) is 0 Å². The van der Waals surface area contributed by atoms with Gasteiger partial charge in [-0.15, -0.1) is 0 Å². The molecule has 0 aliphatic carbocycles. The maximum atomic E-state index is 10.6. The summed E-state index contributed by atoms with van der Waals surface area (Å²) >= 11 is 0. The first kappa shape index (κ1) is 16.5. The van der Waals surface area contributed by atoms with E-state index in [2.05, 4.69) is 56.6 Å². The third-order valence-corrected chi connectivity index (χ3v) is 4.64. The Bertz CT molecular complexity index is 453. The summed E-state index contributed by atoms with van der Waals surface area (Å²) in [5.41, 5.74) is 4.81. The maximum Gasteiger partial charge on any atom is 0.0922 e. The Hall–Kier alpha value is -0.900. The van der Waals surface area contributed by atoms with Crippen LogP contribution in [0.2, 0.25) is 0 Å². The minimum absolute atomic E-state index is 0.379. The van der Waals surface area contributed by atoms with Gasteiger partial charge in [0.2, 0.25) is 0 Å². The molecule has 1 heterocycles. The molecule has 1 N–H and O–H groups in total. The van der Waals surface area contributed by atoms with Crippen molar-refractivity contribution < 1.29 is 5.11 Å². The summed E-state index contributed by atoms with van der Waals surface area (Å²) in [6.07, 6.45) is -0.379. The van der Waals surface area contributed by atoms with Gasteiger partial charge in [0.25, 0.3) is 0 Å². The molecule has 0 bridgehead atoms. The van der Waals surface area contributed by atoms with Crippen molar-refractivity contribution in [3.05, 3.63) is 34.4 Å². The van der Waals surface area contributed by atoms with E-state index in [1.807, 2.05) is 0 Å². The molecule has 1 aromatic carbocycles. The van der Waals surface area contributed by atoms with Crippen LogP contribution in [0.1, 0.15) is 42.2 Å². The molecule has 0 radical (unpaired) electrons. The van der Waals surface area contributed by atoms with Crippen LogP contribution in [0.4, 0.5) is 0 Å². The summed E-state index contributed by atoms with van der Waals surface area (Å²) in [7, 11) is 0. The fourth-order valence-electron chi connectivity index (χ4n) is 3.51. The lowest BCUT2D eigenvalue weighted by Crippen LogP contribution is -2.49. The summed E-state index contributed by atoms with van der Waals surface area (Å²) in [5.74, 6) is 0. The van der Waals surface area contributed by atoms with Crippen molar-refractivity contribution in [1.82, 2.24) is 9.80 Å². The van der Waals surface area contributed by atoms with E-state index < -0.39 is 0 Å². The van der Waals surface area contributed by atoms with Gasteiger partial charge in [-0.25, -0.2) is 0 Å². The maximum absolute atomic E-state index is 10.6. The molecule has 3 heteroatoms. The molecule has 0 saturated carbocycles. The molecule has 0 aromatic heterocycles. The van der Waals surface area contributed by atoms with Crippen LogP contribution in [0.15, 0.2) is 12.1 Å². The van der Waals surface area contributed by atoms with Crippen LogP contribution in [-0.2, 0) is 0 Å². The molecule has 0 amide bonds. The largest absolute Gasteiger partial charge is 0.387 e. The molecule has 1 saturated heterocycles. The summed E-state index contributed by atoms with van der Waals surface area (Å²) in [4.78, 5) is 4.90. The van der Waals surface area contributed by atoms with Crippen LogP contribution in [0.3, 0.4) is 0 Å². The molecule has 3 nitrogen and oxygen atoms in total. The fourth-order valence-corrected chi connectivity index (χ4v) is 3.51. The van der Waals surface area contributed by atoms with Gasteiger partial charge in [0.15, 0.2) is 0 Å². The van der Waals surface area contributed by atoms with Crippen molar-refractivity contribution in [1.29, 1.82) is 0 Å². The van der Waals surface area contributed by atoms with Crippen molar-refractivity contribution in [3.8, 4) is 0 Å². The number of aryl methyl sites for hydroxylation is 3. The van der Waals surface area contributed by atoms with Crippen LogP contribution in [0, 0.1) is 20.8 Å². The topological polar surface area (TPSA) is 26.7 Å². The van der Waals surface area contributed by atoms with E-state index in [1.165, 1.54) is 16.7 Å². The zero-order valence-electron chi connectivity index (χ0n) is 14.2. The lowest BCUT2D eigenvalue weighted by atomic mass is 9.95. The number of hydrogen-bond acceptors (Lipinski definition) is 3. The number of aliphatic hydroxyl groups excluding tert-OH is 1. The van der Waals surface area contributed by atoms with Crippen molar-refractivity contribution in [3.63, 3.8) is 0 Å². The lowest BCUT2D eigenvalue weighted by molar-refractivity contribution is 0.0616. The average Bonchev–Trinajstić information content (AvgIpc) is 2.37. The lowest BCUT2D eigenvalue weighted by Gasteiger charge is -2.37. The molecule has 2 rings (SSSR count). The smallest absolute Gasteiger partial charge is 0.0922 e. The number of nitrogens with zero attached hydrogens (tertiary/aromatic N) is 2. The molecule has 1 aliphatic rings. The molecule has 1 fully saturated rings. The highest BCUT2D eigenvalue weighted by molar-refractivity contribution is 5.39. The quantitative estimate of drug-likeness (QED) is 0.923. The number of piperazine rings is 1. The highest BCUT2D eigenvalue weighted by Crippen LogP contribution is 2.24. The van der Waals surface area contributed by atoms with Crippen LogP contribution in [0.5, 0.6) is 0 Å². The second kappa shape index (κ2) is 6.91. The number of β-amino-alcohol motifs (C(OH)–C–C–N with tert-alkyl or cyclic N) is 1. The van der Waals surface area contributed by atoms with Gasteiger partial charge < -0.3 is 5.11 Å². The Labute approximate surface area is 129 Å².